The summed E-state index contributed by atoms with van der Waals surface area (Å²) in [5.74, 6) is -0.497. The lowest BCUT2D eigenvalue weighted by Crippen LogP contribution is -2.04. The minimum atomic E-state index is -0.497. The van der Waals surface area contributed by atoms with Gasteiger partial charge in [-0.2, -0.15) is 0 Å². The van der Waals surface area contributed by atoms with Crippen LogP contribution in [0.5, 0.6) is 0 Å². The van der Waals surface area contributed by atoms with Gasteiger partial charge in [-0.15, -0.1) is 0 Å². The Labute approximate surface area is 180 Å². The number of aromatic nitrogens is 1. The Kier molecular flexibility index (Phi) is 7.36. The Hall–Kier alpha value is -3.26. The number of nitro groups is 1. The van der Waals surface area contributed by atoms with Crippen molar-refractivity contribution in [1.29, 1.82) is 0 Å². The van der Waals surface area contributed by atoms with Crippen LogP contribution in [0.4, 0.5) is 5.69 Å². The second-order valence-corrected chi connectivity index (χ2v) is 7.48. The second-order valence-electron chi connectivity index (χ2n) is 7.48. The summed E-state index contributed by atoms with van der Waals surface area (Å²) in [5, 5.41) is 16.8. The second kappa shape index (κ2) is 10.2. The number of ether oxygens (including phenoxy) is 1. The van der Waals surface area contributed by atoms with E-state index in [4.69, 9.17) is 9.57 Å². The number of nitro benzene ring substituents is 1. The molecule has 0 atom stereocenters. The van der Waals surface area contributed by atoms with Gasteiger partial charge in [-0.1, -0.05) is 37.4 Å². The van der Waals surface area contributed by atoms with Crippen molar-refractivity contribution in [1.82, 2.24) is 4.57 Å². The van der Waals surface area contributed by atoms with Crippen LogP contribution in [-0.2, 0) is 21.1 Å². The van der Waals surface area contributed by atoms with Gasteiger partial charge in [0, 0.05) is 36.4 Å². The van der Waals surface area contributed by atoms with Crippen LogP contribution in [0.25, 0.3) is 21.8 Å². The van der Waals surface area contributed by atoms with Crippen LogP contribution in [0.15, 0.2) is 41.6 Å². The predicted octanol–water partition coefficient (Wildman–Crippen LogP) is 5.54. The minimum Gasteiger partial charge on any atom is -0.361 e. The van der Waals surface area contributed by atoms with E-state index in [1.807, 2.05) is 22.8 Å². The third-order valence-corrected chi connectivity index (χ3v) is 5.15. The number of rotatable bonds is 10. The highest BCUT2D eigenvalue weighted by Gasteiger charge is 2.16. The van der Waals surface area contributed by atoms with Gasteiger partial charge in [-0.05, 0) is 37.1 Å². The van der Waals surface area contributed by atoms with Gasteiger partial charge in [-0.25, -0.2) is 4.79 Å². The van der Waals surface area contributed by atoms with Crippen LogP contribution < -0.4 is 0 Å². The number of hydrogen-bond acceptors (Lipinski definition) is 6. The highest BCUT2D eigenvalue weighted by molar-refractivity contribution is 6.12. The maximum atomic E-state index is 11.3. The topological polar surface area (TPSA) is 96.0 Å². The molecule has 164 valence electrons. The van der Waals surface area contributed by atoms with Gasteiger partial charge in [0.05, 0.1) is 21.7 Å². The molecule has 8 heteroatoms. The van der Waals surface area contributed by atoms with Crippen LogP contribution >= 0.6 is 0 Å². The number of unbranched alkanes of at least 4 members (excludes halogenated alkanes) is 3. The molecule has 3 aromatic rings. The van der Waals surface area contributed by atoms with Gasteiger partial charge < -0.3 is 14.1 Å². The fraction of sp³-hybridized carbons (Fsp3) is 0.391. The minimum absolute atomic E-state index is 0.0303. The first-order valence-corrected chi connectivity index (χ1v) is 10.4. The molecule has 3 rings (SSSR count). The Morgan fingerprint density at radius 3 is 2.45 bits per heavy atom. The molecule has 0 saturated heterocycles. The molecule has 1 heterocycles. The Morgan fingerprint density at radius 2 is 1.77 bits per heavy atom. The number of benzene rings is 2. The molecule has 0 amide bonds. The maximum Gasteiger partial charge on any atom is 0.331 e. The molecule has 31 heavy (non-hydrogen) atoms. The summed E-state index contributed by atoms with van der Waals surface area (Å²) in [6, 6.07) is 10.6. The number of nitrogens with zero attached hydrogens (tertiary/aromatic N) is 3. The Balaban J connectivity index is 2.00. The van der Waals surface area contributed by atoms with E-state index in [9.17, 15) is 14.9 Å². The van der Waals surface area contributed by atoms with E-state index >= 15 is 0 Å². The summed E-state index contributed by atoms with van der Waals surface area (Å²) in [6.45, 7) is 6.23. The van der Waals surface area contributed by atoms with Crippen LogP contribution in [0.2, 0.25) is 0 Å². The summed E-state index contributed by atoms with van der Waals surface area (Å²) in [7, 11) is 0. The van der Waals surface area contributed by atoms with Crippen LogP contribution in [0.1, 0.15) is 52.0 Å². The number of carbonyl (C=O) groups excluding carboxylic acids is 1. The zero-order valence-electron chi connectivity index (χ0n) is 18.1. The van der Waals surface area contributed by atoms with E-state index in [1.54, 1.807) is 19.1 Å². The largest absolute Gasteiger partial charge is 0.361 e. The zero-order valence-corrected chi connectivity index (χ0v) is 18.1. The molecule has 0 unspecified atom stereocenters. The summed E-state index contributed by atoms with van der Waals surface area (Å²) in [5.41, 5.74) is 3.10. The van der Waals surface area contributed by atoms with Crippen molar-refractivity contribution in [3.05, 3.63) is 52.1 Å². The molecule has 0 N–H and O–H groups in total. The summed E-state index contributed by atoms with van der Waals surface area (Å²) >= 11 is 0. The molecule has 1 aromatic heterocycles. The molecule has 0 fully saturated rings. The van der Waals surface area contributed by atoms with Gasteiger partial charge in [0.2, 0.25) is 0 Å². The third-order valence-electron chi connectivity index (χ3n) is 5.15. The maximum absolute atomic E-state index is 11.3. The first kappa shape index (κ1) is 22.4. The lowest BCUT2D eigenvalue weighted by molar-refractivity contribution is -0.384. The number of oxime groups is 1. The van der Waals surface area contributed by atoms with E-state index < -0.39 is 10.9 Å². The van der Waals surface area contributed by atoms with Gasteiger partial charge >= 0.3 is 5.97 Å². The van der Waals surface area contributed by atoms with Gasteiger partial charge in [0.1, 0.15) is 6.73 Å². The zero-order chi connectivity index (χ0) is 22.4. The highest BCUT2D eigenvalue weighted by Crippen LogP contribution is 2.32. The summed E-state index contributed by atoms with van der Waals surface area (Å²) < 4.78 is 7.93. The quantitative estimate of drug-likeness (QED) is 0.140. The fourth-order valence-corrected chi connectivity index (χ4v) is 3.54. The third kappa shape index (κ3) is 5.27. The standard InChI is InChI=1S/C23H27N3O5/c1-4-5-6-7-12-30-15-25-22-10-8-18(16(2)24-31-17(3)27)13-20(22)21-14-19(26(28)29)9-11-23(21)25/h8-11,13-14H,4-7,12,15H2,1-3H3. The van der Waals surface area contributed by atoms with E-state index in [1.165, 1.54) is 25.8 Å². The predicted molar refractivity (Wildman–Crippen MR) is 120 cm³/mol. The number of non-ortho nitro benzene ring substituents is 1. The fourth-order valence-electron chi connectivity index (χ4n) is 3.54. The van der Waals surface area contributed by atoms with E-state index in [0.29, 0.717) is 19.0 Å². The van der Waals surface area contributed by atoms with E-state index in [0.717, 1.165) is 40.2 Å². The molecular formula is C23H27N3O5. The molecule has 0 spiro atoms. The van der Waals surface area contributed by atoms with Crippen molar-refractivity contribution in [2.45, 2.75) is 53.2 Å². The molecule has 0 aliphatic carbocycles. The summed E-state index contributed by atoms with van der Waals surface area (Å²) in [4.78, 5) is 26.7. The average molecular weight is 425 g/mol. The normalized spacial score (nSPS) is 11.9. The Bertz CT molecular complexity index is 1130. The van der Waals surface area contributed by atoms with Crippen LogP contribution in [-0.4, -0.2) is 27.8 Å². The van der Waals surface area contributed by atoms with Crippen molar-refractivity contribution >= 4 is 39.2 Å². The van der Waals surface area contributed by atoms with Crippen molar-refractivity contribution in [2.75, 3.05) is 6.61 Å². The lowest BCUT2D eigenvalue weighted by Gasteiger charge is -2.09. The van der Waals surface area contributed by atoms with Crippen LogP contribution in [0, 0.1) is 10.1 Å². The lowest BCUT2D eigenvalue weighted by atomic mass is 10.1. The van der Waals surface area contributed by atoms with Crippen molar-refractivity contribution in [3.63, 3.8) is 0 Å². The van der Waals surface area contributed by atoms with E-state index in [-0.39, 0.29) is 5.69 Å². The molecule has 2 aromatic carbocycles. The van der Waals surface area contributed by atoms with E-state index in [2.05, 4.69) is 12.1 Å². The molecular weight excluding hydrogens is 398 g/mol. The first-order chi connectivity index (χ1) is 14.9. The first-order valence-electron chi connectivity index (χ1n) is 10.4. The highest BCUT2D eigenvalue weighted by atomic mass is 16.7. The molecule has 0 aliphatic rings. The van der Waals surface area contributed by atoms with Crippen molar-refractivity contribution < 1.29 is 19.3 Å². The van der Waals surface area contributed by atoms with Crippen LogP contribution in [0.3, 0.4) is 0 Å². The molecule has 0 aliphatic heterocycles. The van der Waals surface area contributed by atoms with Gasteiger partial charge in [0.25, 0.3) is 5.69 Å². The number of fused-ring (bicyclic) bond motifs is 3. The molecule has 0 radical (unpaired) electrons. The Morgan fingerprint density at radius 1 is 1.06 bits per heavy atom. The van der Waals surface area contributed by atoms with Gasteiger partial charge in [-0.3, -0.25) is 10.1 Å². The summed E-state index contributed by atoms with van der Waals surface area (Å²) in [6.07, 6.45) is 4.51. The molecule has 8 nitrogen and oxygen atoms in total. The van der Waals surface area contributed by atoms with Crippen molar-refractivity contribution in [3.8, 4) is 0 Å². The monoisotopic (exact) mass is 425 g/mol. The molecule has 0 bridgehead atoms. The van der Waals surface area contributed by atoms with Gasteiger partial charge in [0.15, 0.2) is 0 Å². The number of hydrogen-bond donors (Lipinski definition) is 0. The molecule has 0 saturated carbocycles. The average Bonchev–Trinajstić information content (AvgIpc) is 3.06. The number of carbonyl (C=O) groups is 1. The SMILES string of the molecule is CCCCCCOCn1c2ccc(C(C)=NOC(C)=O)cc2c2cc([N+](=O)[O-])ccc21. The van der Waals surface area contributed by atoms with Crippen molar-refractivity contribution in [2.24, 2.45) is 5.16 Å². The smallest absolute Gasteiger partial charge is 0.331 e.